The first kappa shape index (κ1) is 21.0. The topological polar surface area (TPSA) is 90.2 Å². The average Bonchev–Trinajstić information content (AvgIpc) is 3.14. The molecule has 1 fully saturated rings. The molecular weight excluding hydrogens is 394 g/mol. The van der Waals surface area contributed by atoms with Gasteiger partial charge < -0.3 is 9.64 Å². The number of hydrogen-bond donors (Lipinski definition) is 0. The van der Waals surface area contributed by atoms with Crippen LogP contribution < -0.4 is 4.74 Å². The quantitative estimate of drug-likeness (QED) is 0.568. The fourth-order valence-corrected chi connectivity index (χ4v) is 4.26. The van der Waals surface area contributed by atoms with Crippen molar-refractivity contribution in [3.63, 3.8) is 0 Å². The lowest BCUT2D eigenvalue weighted by molar-refractivity contribution is -0.132. The number of benzene rings is 1. The monoisotopic (exact) mass is 421 g/mol. The zero-order valence-corrected chi connectivity index (χ0v) is 18.2. The molecule has 0 bridgehead atoms. The van der Waals surface area contributed by atoms with Crippen LogP contribution in [0.1, 0.15) is 53.2 Å². The van der Waals surface area contributed by atoms with Gasteiger partial charge in [0.1, 0.15) is 11.3 Å². The van der Waals surface area contributed by atoms with Gasteiger partial charge in [-0.15, -0.1) is 0 Å². The molecule has 8 nitrogen and oxygen atoms in total. The second kappa shape index (κ2) is 8.83. The lowest BCUT2D eigenvalue weighted by Gasteiger charge is -2.32. The molecule has 4 rings (SSSR count). The van der Waals surface area contributed by atoms with Gasteiger partial charge in [-0.05, 0) is 31.9 Å². The Labute approximate surface area is 181 Å². The third kappa shape index (κ3) is 4.28. The van der Waals surface area contributed by atoms with Gasteiger partial charge in [-0.3, -0.25) is 9.59 Å². The molecule has 0 saturated carbocycles. The summed E-state index contributed by atoms with van der Waals surface area (Å²) >= 11 is 0. The van der Waals surface area contributed by atoms with E-state index in [2.05, 4.69) is 15.1 Å². The number of aromatic nitrogens is 4. The molecule has 8 heteroatoms. The number of ketones is 1. The van der Waals surface area contributed by atoms with Crippen molar-refractivity contribution in [3.8, 4) is 5.75 Å². The van der Waals surface area contributed by atoms with E-state index in [0.29, 0.717) is 24.4 Å². The number of piperidine rings is 1. The predicted octanol–water partition coefficient (Wildman–Crippen LogP) is 3.05. The van der Waals surface area contributed by atoms with E-state index in [4.69, 9.17) is 4.74 Å². The van der Waals surface area contributed by atoms with Gasteiger partial charge in [-0.25, -0.2) is 14.6 Å². The number of carbonyl (C=O) groups excluding carboxylic acids is 2. The van der Waals surface area contributed by atoms with Gasteiger partial charge >= 0.3 is 0 Å². The lowest BCUT2D eigenvalue weighted by Crippen LogP contribution is -2.39. The van der Waals surface area contributed by atoms with Crippen LogP contribution in [0.5, 0.6) is 5.75 Å². The van der Waals surface area contributed by atoms with E-state index >= 15 is 0 Å². The minimum Gasteiger partial charge on any atom is -0.496 e. The maximum atomic E-state index is 12.9. The SMILES string of the molecule is COc1ccc(C)cc1C(=O)CCC(=O)N1CCCC(c2nn(C)c3nccnc23)C1. The summed E-state index contributed by atoms with van der Waals surface area (Å²) in [6.07, 6.45) is 5.53. The largest absolute Gasteiger partial charge is 0.496 e. The molecule has 3 aromatic rings. The Morgan fingerprint density at radius 2 is 2.00 bits per heavy atom. The molecule has 1 atom stereocenters. The van der Waals surface area contributed by atoms with Crippen molar-refractivity contribution in [2.45, 2.75) is 38.5 Å². The molecule has 1 aliphatic heterocycles. The second-order valence-electron chi connectivity index (χ2n) is 8.04. The van der Waals surface area contributed by atoms with Gasteiger partial charge in [0, 0.05) is 51.3 Å². The predicted molar refractivity (Wildman–Crippen MR) is 116 cm³/mol. The first-order valence-corrected chi connectivity index (χ1v) is 10.6. The Kier molecular flexibility index (Phi) is 5.97. The van der Waals surface area contributed by atoms with Gasteiger partial charge in [-0.1, -0.05) is 11.6 Å². The van der Waals surface area contributed by atoms with E-state index in [1.54, 1.807) is 30.3 Å². The number of amides is 1. The van der Waals surface area contributed by atoms with Crippen LogP contribution in [-0.2, 0) is 11.8 Å². The number of likely N-dealkylation sites (tertiary alicyclic amines) is 1. The standard InChI is InChI=1S/C23H27N5O3/c1-15-6-8-19(31-3)17(13-15)18(29)7-9-20(30)28-12-4-5-16(14-28)21-22-23(27(2)26-21)25-11-10-24-22/h6,8,10-11,13,16H,4-5,7,9,12,14H2,1-3H3. The summed E-state index contributed by atoms with van der Waals surface area (Å²) in [7, 11) is 3.41. The zero-order valence-electron chi connectivity index (χ0n) is 18.2. The fraction of sp³-hybridized carbons (Fsp3) is 0.435. The number of ether oxygens (including phenoxy) is 1. The maximum absolute atomic E-state index is 12.9. The molecule has 0 radical (unpaired) electrons. The van der Waals surface area contributed by atoms with E-state index in [0.717, 1.165) is 35.3 Å². The zero-order chi connectivity index (χ0) is 22.0. The van der Waals surface area contributed by atoms with Crippen LogP contribution in [0.3, 0.4) is 0 Å². The van der Waals surface area contributed by atoms with E-state index in [1.807, 2.05) is 31.0 Å². The van der Waals surface area contributed by atoms with Crippen molar-refractivity contribution in [2.24, 2.45) is 7.05 Å². The van der Waals surface area contributed by atoms with Crippen molar-refractivity contribution in [1.29, 1.82) is 0 Å². The van der Waals surface area contributed by atoms with Crippen LogP contribution in [0.2, 0.25) is 0 Å². The number of aryl methyl sites for hydroxylation is 2. The minimum atomic E-state index is -0.0755. The first-order valence-electron chi connectivity index (χ1n) is 10.6. The molecule has 1 aromatic carbocycles. The molecule has 1 unspecified atom stereocenters. The Hall–Kier alpha value is -3.29. The van der Waals surface area contributed by atoms with Gasteiger partial charge in [0.15, 0.2) is 11.4 Å². The smallest absolute Gasteiger partial charge is 0.223 e. The number of Topliss-reactive ketones (excluding diaryl/α,β-unsaturated/α-hetero) is 1. The molecular formula is C23H27N5O3. The molecule has 3 heterocycles. The van der Waals surface area contributed by atoms with E-state index in [-0.39, 0.29) is 30.4 Å². The van der Waals surface area contributed by atoms with E-state index < -0.39 is 0 Å². The van der Waals surface area contributed by atoms with Crippen LogP contribution >= 0.6 is 0 Å². The highest BCUT2D eigenvalue weighted by Crippen LogP contribution is 2.30. The van der Waals surface area contributed by atoms with Crippen molar-refractivity contribution in [3.05, 3.63) is 47.4 Å². The van der Waals surface area contributed by atoms with Crippen LogP contribution in [0.15, 0.2) is 30.6 Å². The Balaban J connectivity index is 1.42. The van der Waals surface area contributed by atoms with E-state index in [1.165, 1.54) is 0 Å². The number of nitrogens with zero attached hydrogens (tertiary/aromatic N) is 5. The third-order valence-electron chi connectivity index (χ3n) is 5.87. The summed E-state index contributed by atoms with van der Waals surface area (Å²) in [5.74, 6) is 0.583. The summed E-state index contributed by atoms with van der Waals surface area (Å²) in [6, 6.07) is 5.51. The van der Waals surface area contributed by atoms with Gasteiger partial charge in [0.2, 0.25) is 5.91 Å². The summed E-state index contributed by atoms with van der Waals surface area (Å²) in [4.78, 5) is 36.3. The summed E-state index contributed by atoms with van der Waals surface area (Å²) in [5, 5.41) is 4.63. The molecule has 2 aromatic heterocycles. The van der Waals surface area contributed by atoms with Crippen LogP contribution in [0, 0.1) is 6.92 Å². The number of hydrogen-bond acceptors (Lipinski definition) is 6. The van der Waals surface area contributed by atoms with Gasteiger partial charge in [-0.2, -0.15) is 5.10 Å². The van der Waals surface area contributed by atoms with Crippen molar-refractivity contribution >= 4 is 22.9 Å². The van der Waals surface area contributed by atoms with E-state index in [9.17, 15) is 9.59 Å². The fourth-order valence-electron chi connectivity index (χ4n) is 4.26. The van der Waals surface area contributed by atoms with Crippen LogP contribution in [0.4, 0.5) is 0 Å². The van der Waals surface area contributed by atoms with Gasteiger partial charge in [0.05, 0.1) is 18.4 Å². The highest BCUT2D eigenvalue weighted by Gasteiger charge is 2.29. The second-order valence-corrected chi connectivity index (χ2v) is 8.04. The number of carbonyl (C=O) groups is 2. The first-order chi connectivity index (χ1) is 15.0. The molecule has 0 aliphatic carbocycles. The normalized spacial score (nSPS) is 16.5. The Morgan fingerprint density at radius 1 is 1.19 bits per heavy atom. The number of methoxy groups -OCH3 is 1. The maximum Gasteiger partial charge on any atom is 0.223 e. The Morgan fingerprint density at radius 3 is 2.81 bits per heavy atom. The third-order valence-corrected chi connectivity index (χ3v) is 5.87. The number of rotatable bonds is 6. The molecule has 1 amide bonds. The molecule has 31 heavy (non-hydrogen) atoms. The van der Waals surface area contributed by atoms with Crippen molar-refractivity contribution in [1.82, 2.24) is 24.6 Å². The molecule has 1 aliphatic rings. The van der Waals surface area contributed by atoms with Gasteiger partial charge in [0.25, 0.3) is 0 Å². The summed E-state index contributed by atoms with van der Waals surface area (Å²) in [6.45, 7) is 3.22. The summed E-state index contributed by atoms with van der Waals surface area (Å²) in [5.41, 5.74) is 3.96. The molecule has 0 N–H and O–H groups in total. The Bertz CT molecular complexity index is 1120. The molecule has 0 spiro atoms. The van der Waals surface area contributed by atoms with Crippen molar-refractivity contribution in [2.75, 3.05) is 20.2 Å². The highest BCUT2D eigenvalue weighted by molar-refractivity contribution is 6.00. The molecule has 162 valence electrons. The molecule has 1 saturated heterocycles. The van der Waals surface area contributed by atoms with Crippen LogP contribution in [-0.4, -0.2) is 56.5 Å². The van der Waals surface area contributed by atoms with Crippen LogP contribution in [0.25, 0.3) is 11.2 Å². The number of fused-ring (bicyclic) bond motifs is 1. The lowest BCUT2D eigenvalue weighted by atomic mass is 9.93. The summed E-state index contributed by atoms with van der Waals surface area (Å²) < 4.78 is 7.05. The average molecular weight is 422 g/mol. The van der Waals surface area contributed by atoms with Crippen molar-refractivity contribution < 1.29 is 14.3 Å². The highest BCUT2D eigenvalue weighted by atomic mass is 16.5. The minimum absolute atomic E-state index is 0.00371.